The van der Waals surface area contributed by atoms with E-state index in [9.17, 15) is 8.42 Å². The lowest BCUT2D eigenvalue weighted by Gasteiger charge is -2.16. The van der Waals surface area contributed by atoms with E-state index in [2.05, 4.69) is 9.97 Å². The first-order chi connectivity index (χ1) is 12.1. The number of pyridine rings is 1. The number of halogens is 1. The average Bonchev–Trinajstić information content (AvgIpc) is 3.27. The zero-order valence-electron chi connectivity index (χ0n) is 14.1. The minimum atomic E-state index is -3.60. The topological polar surface area (TPSA) is 92.1 Å². The summed E-state index contributed by atoms with van der Waals surface area (Å²) in [4.78, 5) is 7.40. The molecule has 0 spiro atoms. The van der Waals surface area contributed by atoms with Crippen molar-refractivity contribution in [3.8, 4) is 0 Å². The highest BCUT2D eigenvalue weighted by Gasteiger charge is 2.40. The normalized spacial score (nSPS) is 21.0. The Kier molecular flexibility index (Phi) is 5.34. The summed E-state index contributed by atoms with van der Waals surface area (Å²) < 4.78 is 27.9. The van der Waals surface area contributed by atoms with Crippen molar-refractivity contribution < 1.29 is 8.42 Å². The third-order valence-electron chi connectivity index (χ3n) is 4.97. The van der Waals surface area contributed by atoms with Gasteiger partial charge in [0.1, 0.15) is 10.5 Å². The van der Waals surface area contributed by atoms with E-state index in [1.165, 1.54) is 6.20 Å². The van der Waals surface area contributed by atoms with Crippen LogP contribution in [-0.4, -0.2) is 42.3 Å². The standard InChI is InChI=1S/C18H20N4O2S.ClH/c19-9-14-11-22(12-16(14)13-5-2-1-3-6-13)25(23,24)17-10-21-18-15(17)7-4-8-20-18;/h1-8,10,14,16H,9,11-12,19H2,(H,20,21);1H/t14-,16+;/m1./s1. The van der Waals surface area contributed by atoms with Crippen LogP contribution in [0.4, 0.5) is 0 Å². The van der Waals surface area contributed by atoms with Gasteiger partial charge in [-0.25, -0.2) is 13.4 Å². The Balaban J connectivity index is 0.00000196. The van der Waals surface area contributed by atoms with Gasteiger partial charge < -0.3 is 10.7 Å². The maximum Gasteiger partial charge on any atom is 0.245 e. The van der Waals surface area contributed by atoms with E-state index in [4.69, 9.17) is 5.73 Å². The highest BCUT2D eigenvalue weighted by Crippen LogP contribution is 2.36. The molecule has 0 unspecified atom stereocenters. The van der Waals surface area contributed by atoms with Gasteiger partial charge in [-0.05, 0) is 30.2 Å². The van der Waals surface area contributed by atoms with Crippen LogP contribution in [-0.2, 0) is 10.0 Å². The van der Waals surface area contributed by atoms with Crippen LogP contribution >= 0.6 is 12.4 Å². The Hall–Kier alpha value is -1.93. The zero-order chi connectivity index (χ0) is 17.4. The quantitative estimate of drug-likeness (QED) is 0.712. The van der Waals surface area contributed by atoms with E-state index in [1.807, 2.05) is 30.3 Å². The van der Waals surface area contributed by atoms with Gasteiger partial charge in [-0.2, -0.15) is 4.31 Å². The van der Waals surface area contributed by atoms with Gasteiger partial charge in [-0.3, -0.25) is 0 Å². The van der Waals surface area contributed by atoms with E-state index in [0.717, 1.165) is 5.56 Å². The molecule has 0 saturated carbocycles. The van der Waals surface area contributed by atoms with Gasteiger partial charge in [0.25, 0.3) is 0 Å². The van der Waals surface area contributed by atoms with Crippen LogP contribution in [0, 0.1) is 5.92 Å². The lowest BCUT2D eigenvalue weighted by molar-refractivity contribution is 0.459. The number of nitrogens with one attached hydrogen (secondary N) is 1. The van der Waals surface area contributed by atoms with Crippen molar-refractivity contribution >= 4 is 33.5 Å². The Morgan fingerprint density at radius 1 is 1.15 bits per heavy atom. The summed E-state index contributed by atoms with van der Waals surface area (Å²) in [5.74, 6) is 0.227. The largest absolute Gasteiger partial charge is 0.345 e. The molecule has 2 atom stereocenters. The second-order valence-electron chi connectivity index (χ2n) is 6.39. The van der Waals surface area contributed by atoms with Crippen molar-refractivity contribution in [2.75, 3.05) is 19.6 Å². The molecule has 1 aromatic carbocycles. The van der Waals surface area contributed by atoms with Crippen LogP contribution in [0.2, 0.25) is 0 Å². The number of aromatic nitrogens is 2. The predicted molar refractivity (Wildman–Crippen MR) is 104 cm³/mol. The van der Waals surface area contributed by atoms with E-state index in [-0.39, 0.29) is 29.1 Å². The molecule has 138 valence electrons. The summed E-state index contributed by atoms with van der Waals surface area (Å²) in [6.07, 6.45) is 3.17. The van der Waals surface area contributed by atoms with Gasteiger partial charge in [0, 0.05) is 36.8 Å². The van der Waals surface area contributed by atoms with Gasteiger partial charge in [-0.15, -0.1) is 12.4 Å². The molecule has 3 N–H and O–H groups in total. The minimum Gasteiger partial charge on any atom is -0.345 e. The maximum atomic E-state index is 13.2. The van der Waals surface area contributed by atoms with Crippen LogP contribution in [0.15, 0.2) is 59.8 Å². The van der Waals surface area contributed by atoms with Crippen LogP contribution in [0.25, 0.3) is 11.0 Å². The molecule has 0 aliphatic carbocycles. The van der Waals surface area contributed by atoms with Crippen molar-refractivity contribution in [3.63, 3.8) is 0 Å². The fraction of sp³-hybridized carbons (Fsp3) is 0.278. The molecule has 2 aromatic heterocycles. The lowest BCUT2D eigenvalue weighted by atomic mass is 9.89. The molecule has 0 radical (unpaired) electrons. The Bertz CT molecular complexity index is 991. The van der Waals surface area contributed by atoms with Crippen LogP contribution < -0.4 is 5.73 Å². The molecule has 3 aromatic rings. The first-order valence-electron chi connectivity index (χ1n) is 8.28. The monoisotopic (exact) mass is 392 g/mol. The molecule has 0 amide bonds. The number of hydrogen-bond acceptors (Lipinski definition) is 4. The van der Waals surface area contributed by atoms with Gasteiger partial charge in [0.05, 0.1) is 0 Å². The van der Waals surface area contributed by atoms with Crippen molar-refractivity contribution in [3.05, 3.63) is 60.4 Å². The van der Waals surface area contributed by atoms with Crippen molar-refractivity contribution in [1.82, 2.24) is 14.3 Å². The van der Waals surface area contributed by atoms with E-state index in [0.29, 0.717) is 30.7 Å². The van der Waals surface area contributed by atoms with Gasteiger partial charge in [-0.1, -0.05) is 30.3 Å². The lowest BCUT2D eigenvalue weighted by Crippen LogP contribution is -2.29. The number of rotatable bonds is 4. The molecule has 3 heterocycles. The Morgan fingerprint density at radius 2 is 1.92 bits per heavy atom. The van der Waals surface area contributed by atoms with E-state index in [1.54, 1.807) is 22.6 Å². The molecule has 1 aliphatic heterocycles. The molecule has 8 heteroatoms. The third kappa shape index (κ3) is 3.12. The average molecular weight is 393 g/mol. The van der Waals surface area contributed by atoms with Crippen LogP contribution in [0.1, 0.15) is 11.5 Å². The van der Waals surface area contributed by atoms with Crippen molar-refractivity contribution in [1.29, 1.82) is 0 Å². The van der Waals surface area contributed by atoms with Crippen molar-refractivity contribution in [2.45, 2.75) is 10.8 Å². The highest BCUT2D eigenvalue weighted by molar-refractivity contribution is 7.89. The number of H-pyrrole nitrogens is 1. The van der Waals surface area contributed by atoms with Crippen molar-refractivity contribution in [2.24, 2.45) is 11.7 Å². The summed E-state index contributed by atoms with van der Waals surface area (Å²) in [5.41, 5.74) is 7.65. The fourth-order valence-electron chi connectivity index (χ4n) is 3.63. The first-order valence-corrected chi connectivity index (χ1v) is 9.72. The van der Waals surface area contributed by atoms with Gasteiger partial charge in [0.2, 0.25) is 10.0 Å². The zero-order valence-corrected chi connectivity index (χ0v) is 15.7. The Morgan fingerprint density at radius 3 is 2.65 bits per heavy atom. The second kappa shape index (κ2) is 7.36. The molecule has 26 heavy (non-hydrogen) atoms. The summed E-state index contributed by atoms with van der Waals surface area (Å²) in [7, 11) is -3.60. The first kappa shape index (κ1) is 18.8. The van der Waals surface area contributed by atoms with Crippen LogP contribution in [0.3, 0.4) is 0 Å². The maximum absolute atomic E-state index is 13.2. The number of benzene rings is 1. The summed E-state index contributed by atoms with van der Waals surface area (Å²) in [5, 5.41) is 0.620. The summed E-state index contributed by atoms with van der Waals surface area (Å²) in [6, 6.07) is 13.5. The number of hydrogen-bond donors (Lipinski definition) is 2. The molecular formula is C18H21ClN4O2S. The molecule has 4 rings (SSSR count). The predicted octanol–water partition coefficient (Wildman–Crippen LogP) is 2.35. The minimum absolute atomic E-state index is 0. The molecule has 0 bridgehead atoms. The van der Waals surface area contributed by atoms with Crippen LogP contribution in [0.5, 0.6) is 0 Å². The SMILES string of the molecule is Cl.NC[C@@H]1CN(S(=O)(=O)c2c[nH]c3ncccc23)C[C@H]1c1ccccc1. The number of nitrogens with two attached hydrogens (primary N) is 1. The highest BCUT2D eigenvalue weighted by atomic mass is 35.5. The third-order valence-corrected chi connectivity index (χ3v) is 6.84. The molecular weight excluding hydrogens is 372 g/mol. The molecule has 1 saturated heterocycles. The number of fused-ring (bicyclic) bond motifs is 1. The number of sulfonamides is 1. The second-order valence-corrected chi connectivity index (χ2v) is 8.29. The van der Waals surface area contributed by atoms with Gasteiger partial charge >= 0.3 is 0 Å². The molecule has 1 fully saturated rings. The fourth-order valence-corrected chi connectivity index (χ4v) is 5.30. The number of nitrogens with zero attached hydrogens (tertiary/aromatic N) is 2. The summed E-state index contributed by atoms with van der Waals surface area (Å²) in [6.45, 7) is 1.34. The summed E-state index contributed by atoms with van der Waals surface area (Å²) >= 11 is 0. The van der Waals surface area contributed by atoms with E-state index < -0.39 is 10.0 Å². The van der Waals surface area contributed by atoms with Gasteiger partial charge in [0.15, 0.2) is 0 Å². The molecule has 1 aliphatic rings. The molecule has 6 nitrogen and oxygen atoms in total. The van der Waals surface area contributed by atoms with E-state index >= 15 is 0 Å². The smallest absolute Gasteiger partial charge is 0.245 e. The Labute approximate surface area is 158 Å². The number of aromatic amines is 1.